The molecule has 0 aliphatic heterocycles. The van der Waals surface area contributed by atoms with Crippen molar-refractivity contribution in [3.63, 3.8) is 0 Å². The number of nitrogen functional groups attached to an aromatic ring is 1. The minimum Gasteiger partial charge on any atom is -0.383 e. The van der Waals surface area contributed by atoms with E-state index in [1.807, 2.05) is 83.4 Å². The molecule has 2 aromatic heterocycles. The summed E-state index contributed by atoms with van der Waals surface area (Å²) in [7, 11) is 1.75. The highest BCUT2D eigenvalue weighted by Crippen LogP contribution is 2.29. The van der Waals surface area contributed by atoms with E-state index in [0.717, 1.165) is 26.6 Å². The standard InChI is InChI=1S/C22H19N5S/c1-24-21(16-10-4-2-5-11-16)26-22-27(17-12-6-3-7-13-17)20(23)19(28-22)18-14-8-9-15-25-18/h2-15H,23H2,1H3. The fourth-order valence-corrected chi connectivity index (χ4v) is 3.93. The number of pyridine rings is 1. The molecule has 4 rings (SSSR count). The molecule has 28 heavy (non-hydrogen) atoms. The van der Waals surface area contributed by atoms with E-state index in [0.29, 0.717) is 11.7 Å². The minimum atomic E-state index is 0.608. The molecule has 0 atom stereocenters. The SMILES string of the molecule is CN=C(N=c1sc(-c2ccccn2)c(N)n1-c1ccccc1)c1ccccc1. The summed E-state index contributed by atoms with van der Waals surface area (Å²) in [6, 6.07) is 25.7. The number of thiazole rings is 1. The van der Waals surface area contributed by atoms with E-state index in [1.165, 1.54) is 11.3 Å². The minimum absolute atomic E-state index is 0.608. The van der Waals surface area contributed by atoms with Crippen molar-refractivity contribution in [2.75, 3.05) is 12.8 Å². The normalized spacial score (nSPS) is 12.3. The quantitative estimate of drug-likeness (QED) is 0.425. The van der Waals surface area contributed by atoms with Gasteiger partial charge in [0.2, 0.25) is 0 Å². The van der Waals surface area contributed by atoms with Crippen molar-refractivity contribution in [1.82, 2.24) is 9.55 Å². The Hall–Kier alpha value is -3.51. The summed E-state index contributed by atoms with van der Waals surface area (Å²) < 4.78 is 1.95. The first-order valence-corrected chi connectivity index (χ1v) is 9.64. The number of aromatic nitrogens is 2. The zero-order valence-electron chi connectivity index (χ0n) is 15.4. The van der Waals surface area contributed by atoms with Gasteiger partial charge in [-0.25, -0.2) is 4.99 Å². The predicted molar refractivity (Wildman–Crippen MR) is 116 cm³/mol. The van der Waals surface area contributed by atoms with Gasteiger partial charge in [0.05, 0.1) is 10.6 Å². The number of nitrogens with zero attached hydrogens (tertiary/aromatic N) is 4. The number of hydrogen-bond acceptors (Lipinski definition) is 4. The van der Waals surface area contributed by atoms with Crippen molar-refractivity contribution in [2.24, 2.45) is 9.98 Å². The molecule has 0 bridgehead atoms. The van der Waals surface area contributed by atoms with Gasteiger partial charge in [-0.1, -0.05) is 65.9 Å². The average Bonchev–Trinajstić information content (AvgIpc) is 3.09. The summed E-state index contributed by atoms with van der Waals surface area (Å²) in [5.74, 6) is 1.26. The molecule has 4 aromatic rings. The lowest BCUT2D eigenvalue weighted by molar-refractivity contribution is 1.02. The molecular weight excluding hydrogens is 366 g/mol. The molecule has 0 radical (unpaired) electrons. The number of aliphatic imine (C=N–C) groups is 1. The van der Waals surface area contributed by atoms with Gasteiger partial charge in [-0.2, -0.15) is 0 Å². The van der Waals surface area contributed by atoms with E-state index in [-0.39, 0.29) is 0 Å². The van der Waals surface area contributed by atoms with Crippen LogP contribution in [0, 0.1) is 0 Å². The first-order valence-electron chi connectivity index (χ1n) is 8.83. The van der Waals surface area contributed by atoms with Gasteiger partial charge in [-0.05, 0) is 24.3 Å². The van der Waals surface area contributed by atoms with Gasteiger partial charge >= 0.3 is 0 Å². The number of para-hydroxylation sites is 1. The van der Waals surface area contributed by atoms with Crippen LogP contribution in [-0.2, 0) is 0 Å². The van der Waals surface area contributed by atoms with E-state index >= 15 is 0 Å². The van der Waals surface area contributed by atoms with Crippen molar-refractivity contribution in [2.45, 2.75) is 0 Å². The zero-order chi connectivity index (χ0) is 19.3. The maximum Gasteiger partial charge on any atom is 0.198 e. The Bertz CT molecular complexity index is 1160. The highest BCUT2D eigenvalue weighted by molar-refractivity contribution is 7.13. The van der Waals surface area contributed by atoms with Crippen LogP contribution in [0.2, 0.25) is 0 Å². The Balaban J connectivity index is 1.96. The van der Waals surface area contributed by atoms with E-state index in [4.69, 9.17) is 10.7 Å². The van der Waals surface area contributed by atoms with Crippen molar-refractivity contribution < 1.29 is 0 Å². The summed E-state index contributed by atoms with van der Waals surface area (Å²) in [5, 5.41) is 0. The van der Waals surface area contributed by atoms with Crippen molar-refractivity contribution >= 4 is 23.0 Å². The van der Waals surface area contributed by atoms with Gasteiger partial charge < -0.3 is 5.73 Å². The number of rotatable bonds is 3. The van der Waals surface area contributed by atoms with Crippen LogP contribution in [0.1, 0.15) is 5.56 Å². The van der Waals surface area contributed by atoms with Gasteiger partial charge in [0.25, 0.3) is 0 Å². The fourth-order valence-electron chi connectivity index (χ4n) is 2.90. The number of hydrogen-bond donors (Lipinski definition) is 1. The average molecular weight is 385 g/mol. The number of anilines is 1. The van der Waals surface area contributed by atoms with Crippen molar-refractivity contribution in [3.05, 3.63) is 95.4 Å². The van der Waals surface area contributed by atoms with Crippen LogP contribution in [0.5, 0.6) is 0 Å². The molecule has 5 nitrogen and oxygen atoms in total. The smallest absolute Gasteiger partial charge is 0.198 e. The second-order valence-electron chi connectivity index (χ2n) is 6.01. The van der Waals surface area contributed by atoms with Crippen molar-refractivity contribution in [1.29, 1.82) is 0 Å². The molecule has 6 heteroatoms. The van der Waals surface area contributed by atoms with Crippen LogP contribution in [0.4, 0.5) is 5.82 Å². The first-order chi connectivity index (χ1) is 13.8. The van der Waals surface area contributed by atoms with Gasteiger partial charge in [-0.3, -0.25) is 14.5 Å². The van der Waals surface area contributed by atoms with Crippen LogP contribution in [0.25, 0.3) is 16.3 Å². The molecule has 0 spiro atoms. The topological polar surface area (TPSA) is 68.6 Å². The molecule has 138 valence electrons. The highest BCUT2D eigenvalue weighted by atomic mass is 32.1. The molecule has 0 aliphatic rings. The molecule has 2 aromatic carbocycles. The molecule has 0 unspecified atom stereocenters. The lowest BCUT2D eigenvalue weighted by Gasteiger charge is -2.07. The Morgan fingerprint density at radius 3 is 2.25 bits per heavy atom. The Morgan fingerprint density at radius 2 is 1.61 bits per heavy atom. The third-order valence-electron chi connectivity index (χ3n) is 4.22. The van der Waals surface area contributed by atoms with Crippen LogP contribution >= 0.6 is 11.3 Å². The second kappa shape index (κ2) is 8.02. The number of nitrogens with two attached hydrogens (primary N) is 1. The Kier molecular flexibility index (Phi) is 5.12. The second-order valence-corrected chi connectivity index (χ2v) is 6.99. The Labute approximate surface area is 167 Å². The molecule has 0 amide bonds. The summed E-state index contributed by atoms with van der Waals surface area (Å²) in [6.07, 6.45) is 1.76. The summed E-state index contributed by atoms with van der Waals surface area (Å²) in [6.45, 7) is 0. The molecule has 0 saturated carbocycles. The van der Waals surface area contributed by atoms with Crippen LogP contribution in [0.3, 0.4) is 0 Å². The predicted octanol–water partition coefficient (Wildman–Crippen LogP) is 4.16. The molecule has 2 heterocycles. The van der Waals surface area contributed by atoms with Crippen LogP contribution in [0.15, 0.2) is 95.0 Å². The van der Waals surface area contributed by atoms with Gasteiger partial charge in [-0.15, -0.1) is 0 Å². The van der Waals surface area contributed by atoms with E-state index in [2.05, 4.69) is 9.98 Å². The number of amidine groups is 1. The zero-order valence-corrected chi connectivity index (χ0v) is 16.2. The largest absolute Gasteiger partial charge is 0.383 e. The van der Waals surface area contributed by atoms with Gasteiger partial charge in [0.1, 0.15) is 5.82 Å². The summed E-state index contributed by atoms with van der Waals surface area (Å²) in [5.41, 5.74) is 9.28. The monoisotopic (exact) mass is 385 g/mol. The maximum atomic E-state index is 6.56. The Morgan fingerprint density at radius 1 is 0.929 bits per heavy atom. The first kappa shape index (κ1) is 17.9. The van der Waals surface area contributed by atoms with Gasteiger partial charge in [0.15, 0.2) is 10.6 Å². The summed E-state index contributed by atoms with van der Waals surface area (Å²) in [4.78, 5) is 15.3. The summed E-state index contributed by atoms with van der Waals surface area (Å²) >= 11 is 1.50. The fraction of sp³-hybridized carbons (Fsp3) is 0.0455. The molecule has 0 fully saturated rings. The van der Waals surface area contributed by atoms with Crippen LogP contribution in [-0.4, -0.2) is 22.4 Å². The highest BCUT2D eigenvalue weighted by Gasteiger charge is 2.15. The van der Waals surface area contributed by atoms with Gasteiger partial charge in [0, 0.05) is 24.5 Å². The lowest BCUT2D eigenvalue weighted by Crippen LogP contribution is -2.17. The van der Waals surface area contributed by atoms with E-state index in [1.54, 1.807) is 13.2 Å². The number of benzene rings is 2. The maximum absolute atomic E-state index is 6.56. The molecular formula is C22H19N5S. The molecule has 0 saturated heterocycles. The van der Waals surface area contributed by atoms with Crippen molar-refractivity contribution in [3.8, 4) is 16.3 Å². The third kappa shape index (κ3) is 3.50. The van der Waals surface area contributed by atoms with E-state index < -0.39 is 0 Å². The van der Waals surface area contributed by atoms with Crippen LogP contribution < -0.4 is 10.5 Å². The molecule has 2 N–H and O–H groups in total. The lowest BCUT2D eigenvalue weighted by atomic mass is 10.2. The molecule has 0 aliphatic carbocycles. The van der Waals surface area contributed by atoms with E-state index in [9.17, 15) is 0 Å². The third-order valence-corrected chi connectivity index (χ3v) is 5.29.